The second-order valence-electron chi connectivity index (χ2n) is 24.9. The van der Waals surface area contributed by atoms with E-state index in [4.69, 9.17) is 28.4 Å². The summed E-state index contributed by atoms with van der Waals surface area (Å²) in [6.07, 6.45) is -3.44. The summed E-state index contributed by atoms with van der Waals surface area (Å²) in [5, 5.41) is 60.5. The second kappa shape index (κ2) is 23.0. The molecule has 6 rings (SSSR count). The Bertz CT molecular complexity index is 2210. The SMILES string of the molecule is CC[C@H]1OC(=O)[C@H](C)[C@@H](OC(=O)CCCCOC(=O)[C@@]2(O)[C@H](C)CC3C4CCC5=CC(=O)C=C[C@]5(C)[C@@]4(F)[C@@H](O)C[C@@]32C)[C@H](C)[C@@H](OC2OC(C)C[C@@H](N(C)C)[C@H]2OC(C)=O)C(C)(O)C[C@@H](C)N(C)[C@H](C)[C@@H](O)[C@]1(C)O. The van der Waals surface area contributed by atoms with Crippen molar-refractivity contribution in [2.45, 2.75) is 237 Å². The van der Waals surface area contributed by atoms with Crippen LogP contribution in [0.25, 0.3) is 0 Å². The number of cyclic esters (lactones) is 1. The highest BCUT2D eigenvalue weighted by molar-refractivity contribution is 6.01. The number of aliphatic hydroxyl groups excluding tert-OH is 2. The van der Waals surface area contributed by atoms with E-state index in [-0.39, 0.29) is 63.1 Å². The van der Waals surface area contributed by atoms with Gasteiger partial charge in [0.2, 0.25) is 0 Å². The first-order valence-corrected chi connectivity index (χ1v) is 27.8. The van der Waals surface area contributed by atoms with Gasteiger partial charge in [-0.1, -0.05) is 39.3 Å². The maximum absolute atomic E-state index is 17.7. The predicted octanol–water partition coefficient (Wildman–Crippen LogP) is 4.91. The molecule has 0 amide bonds. The van der Waals surface area contributed by atoms with Gasteiger partial charge in [-0.25, -0.2) is 9.18 Å². The molecule has 6 aliphatic rings. The third-order valence-electron chi connectivity index (χ3n) is 19.5. The zero-order chi connectivity index (χ0) is 57.0. The summed E-state index contributed by atoms with van der Waals surface area (Å²) < 4.78 is 54.8. The van der Waals surface area contributed by atoms with Crippen molar-refractivity contribution >= 4 is 29.7 Å². The van der Waals surface area contributed by atoms with Crippen molar-refractivity contribution in [3.63, 3.8) is 0 Å². The van der Waals surface area contributed by atoms with Crippen molar-refractivity contribution in [3.05, 3.63) is 23.8 Å². The normalized spacial score (nSPS) is 46.4. The Hall–Kier alpha value is -3.40. The zero-order valence-electron chi connectivity index (χ0n) is 47.7. The fourth-order valence-electron chi connectivity index (χ4n) is 14.8. The molecule has 0 spiro atoms. The van der Waals surface area contributed by atoms with E-state index in [1.807, 2.05) is 32.8 Å². The Morgan fingerprint density at radius 2 is 1.58 bits per heavy atom. The number of esters is 4. The van der Waals surface area contributed by atoms with Crippen LogP contribution < -0.4 is 0 Å². The molecule has 19 heteroatoms. The minimum atomic E-state index is -2.14. The van der Waals surface area contributed by atoms with Gasteiger partial charge in [-0.3, -0.25) is 24.1 Å². The average Bonchev–Trinajstić information content (AvgIpc) is 3.54. The Balaban J connectivity index is 1.22. The van der Waals surface area contributed by atoms with Crippen LogP contribution in [0.2, 0.25) is 0 Å². The van der Waals surface area contributed by atoms with Crippen molar-refractivity contribution in [2.75, 3.05) is 27.7 Å². The number of carbonyl (C=O) groups excluding carboxylic acids is 5. The fourth-order valence-corrected chi connectivity index (χ4v) is 14.8. The number of hydrogen-bond acceptors (Lipinski definition) is 18. The first-order chi connectivity index (χ1) is 35.1. The van der Waals surface area contributed by atoms with E-state index >= 15 is 4.39 Å². The van der Waals surface area contributed by atoms with Crippen LogP contribution in [0.5, 0.6) is 0 Å². The molecule has 5 unspecified atom stereocenters. The molecular weight excluding hydrogens is 988 g/mol. The number of ether oxygens (including phenoxy) is 6. The van der Waals surface area contributed by atoms with Gasteiger partial charge in [-0.2, -0.15) is 0 Å². The number of hydrogen-bond donors (Lipinski definition) is 5. The van der Waals surface area contributed by atoms with Gasteiger partial charge in [0.25, 0.3) is 0 Å². The first kappa shape index (κ1) is 61.8. The lowest BCUT2D eigenvalue weighted by Gasteiger charge is -2.62. The molecule has 5 fully saturated rings. The molecule has 0 radical (unpaired) electrons. The number of aliphatic hydroxyl groups is 5. The standard InChI is InChI=1S/C57H91FN2O16/c1-16-43-55(12,69)47(65)35(7)60(15)31(3)28-54(11,68)48(76-50-46(73-36(8)61)41(59(13)14)26-32(4)72-50)33(5)45(34(6)49(66)74-43)75-44(64)19-17-18-24-71-51(67)57(70)30(2)25-40-39-21-20-37-27-38(62)22-23-52(37,9)56(39,58)42(63)29-53(40,57)10/h22-23,27,30-35,39-43,45-48,50,63,65,68-70H,16-21,24-26,28-29H2,1-15H3/t30-,31-,32?,33+,34-,35-,39?,40?,41-,42+,43-,45+,46-,47-,48-,50?,52+,53+,54?,55-,56+,57+/m1/s1. The number of likely N-dealkylation sites (N-methyl/N-ethyl adjacent to an activating group) is 2. The summed E-state index contributed by atoms with van der Waals surface area (Å²) in [6, 6.07) is -1.54. The highest BCUT2D eigenvalue weighted by Crippen LogP contribution is 2.70. The molecule has 2 saturated heterocycles. The molecule has 0 aromatic heterocycles. The summed E-state index contributed by atoms with van der Waals surface area (Å²) in [5.74, 6) is -7.39. The summed E-state index contributed by atoms with van der Waals surface area (Å²) in [7, 11) is 5.43. The average molecular weight is 1080 g/mol. The number of ketones is 1. The van der Waals surface area contributed by atoms with Crippen molar-refractivity contribution in [1.82, 2.24) is 9.80 Å². The topological polar surface area (TPSA) is 248 Å². The Kier molecular flexibility index (Phi) is 18.7. The molecule has 0 aromatic rings. The van der Waals surface area contributed by atoms with Crippen LogP contribution >= 0.6 is 0 Å². The molecule has 3 saturated carbocycles. The minimum absolute atomic E-state index is 0.00882. The Labute approximate surface area is 449 Å². The molecule has 5 N–H and O–H groups in total. The lowest BCUT2D eigenvalue weighted by molar-refractivity contribution is -0.302. The lowest BCUT2D eigenvalue weighted by atomic mass is 9.45. The maximum Gasteiger partial charge on any atom is 0.338 e. The third-order valence-corrected chi connectivity index (χ3v) is 19.5. The van der Waals surface area contributed by atoms with Crippen LogP contribution in [-0.4, -0.2) is 182 Å². The number of allylic oxidation sites excluding steroid dienone is 4. The number of halogens is 1. The number of rotatable bonds is 12. The summed E-state index contributed by atoms with van der Waals surface area (Å²) in [5.41, 5.74) is -9.79. The number of nitrogens with zero attached hydrogens (tertiary/aromatic N) is 2. The third kappa shape index (κ3) is 11.1. The molecule has 22 atom stereocenters. The van der Waals surface area contributed by atoms with Gasteiger partial charge < -0.3 is 58.9 Å². The summed E-state index contributed by atoms with van der Waals surface area (Å²) in [6.45, 7) is 19.5. The quantitative estimate of drug-likeness (QED) is 0.0990. The molecule has 0 bridgehead atoms. The second-order valence-corrected chi connectivity index (χ2v) is 24.9. The molecule has 76 heavy (non-hydrogen) atoms. The zero-order valence-corrected chi connectivity index (χ0v) is 47.7. The van der Waals surface area contributed by atoms with Crippen LogP contribution in [0.4, 0.5) is 4.39 Å². The van der Waals surface area contributed by atoms with Gasteiger partial charge in [-0.05, 0) is 151 Å². The Morgan fingerprint density at radius 1 is 0.921 bits per heavy atom. The van der Waals surface area contributed by atoms with Gasteiger partial charge >= 0.3 is 23.9 Å². The van der Waals surface area contributed by atoms with E-state index in [1.54, 1.807) is 66.5 Å². The Morgan fingerprint density at radius 3 is 2.20 bits per heavy atom. The van der Waals surface area contributed by atoms with E-state index in [9.17, 15) is 49.5 Å². The molecule has 2 heterocycles. The molecular formula is C57H91FN2O16. The van der Waals surface area contributed by atoms with Crippen molar-refractivity contribution in [3.8, 4) is 0 Å². The molecule has 2 aliphatic heterocycles. The van der Waals surface area contributed by atoms with E-state index in [2.05, 4.69) is 0 Å². The maximum atomic E-state index is 17.7. The largest absolute Gasteiger partial charge is 0.464 e. The van der Waals surface area contributed by atoms with Gasteiger partial charge in [0.05, 0.1) is 42.5 Å². The van der Waals surface area contributed by atoms with Crippen molar-refractivity contribution < 1.29 is 82.3 Å². The number of unbranched alkanes of at least 4 members (excludes halogenated alkanes) is 1. The number of alkyl halides is 1. The first-order valence-electron chi connectivity index (χ1n) is 27.8. The van der Waals surface area contributed by atoms with Gasteiger partial charge in [0.15, 0.2) is 29.4 Å². The highest BCUT2D eigenvalue weighted by atomic mass is 19.1. The number of fused-ring (bicyclic) bond motifs is 5. The van der Waals surface area contributed by atoms with Gasteiger partial charge in [-0.15, -0.1) is 0 Å². The lowest BCUT2D eigenvalue weighted by Crippen LogP contribution is -2.69. The van der Waals surface area contributed by atoms with Crippen molar-refractivity contribution in [2.24, 2.45) is 40.4 Å². The molecule has 18 nitrogen and oxygen atoms in total. The van der Waals surface area contributed by atoms with Crippen LogP contribution in [-0.2, 0) is 52.4 Å². The molecule has 432 valence electrons. The van der Waals surface area contributed by atoms with Crippen LogP contribution in [0.15, 0.2) is 23.8 Å². The fraction of sp³-hybridized carbons (Fsp3) is 0.842. The monoisotopic (exact) mass is 1080 g/mol. The minimum Gasteiger partial charge on any atom is -0.464 e. The van der Waals surface area contributed by atoms with Gasteiger partial charge in [0.1, 0.15) is 23.9 Å². The molecule has 0 aromatic carbocycles. The number of carbonyl (C=O) groups is 5. The smallest absolute Gasteiger partial charge is 0.338 e. The van der Waals surface area contributed by atoms with E-state index in [0.717, 1.165) is 0 Å². The highest BCUT2D eigenvalue weighted by Gasteiger charge is 2.76. The van der Waals surface area contributed by atoms with Crippen LogP contribution in [0.1, 0.15) is 147 Å². The predicted molar refractivity (Wildman–Crippen MR) is 276 cm³/mol. The summed E-state index contributed by atoms with van der Waals surface area (Å²) in [4.78, 5) is 71.2. The van der Waals surface area contributed by atoms with Crippen LogP contribution in [0.3, 0.4) is 0 Å². The molecule has 4 aliphatic carbocycles. The summed E-state index contributed by atoms with van der Waals surface area (Å²) >= 11 is 0. The van der Waals surface area contributed by atoms with E-state index < -0.39 is 142 Å². The van der Waals surface area contributed by atoms with Crippen molar-refractivity contribution in [1.29, 1.82) is 0 Å². The van der Waals surface area contributed by atoms with E-state index in [1.165, 1.54) is 32.9 Å². The van der Waals surface area contributed by atoms with Gasteiger partial charge in [0, 0.05) is 48.1 Å². The van der Waals surface area contributed by atoms with Crippen LogP contribution in [0, 0.1) is 40.4 Å². The van der Waals surface area contributed by atoms with E-state index in [0.29, 0.717) is 31.3 Å².